The molecule has 2 fully saturated rings. The fraction of sp³-hybridized carbons (Fsp3) is 0.440. The highest BCUT2D eigenvalue weighted by molar-refractivity contribution is 7.16. The molecule has 4 nitrogen and oxygen atoms in total. The van der Waals surface area contributed by atoms with Gasteiger partial charge in [0.1, 0.15) is 16.8 Å². The van der Waals surface area contributed by atoms with Gasteiger partial charge in [-0.2, -0.15) is 5.26 Å². The molecule has 1 aromatic carbocycles. The maximum atomic E-state index is 9.54. The average Bonchev–Trinajstić information content (AvgIpc) is 3.34. The normalized spacial score (nSPS) is 21.3. The molecule has 0 amide bonds. The highest BCUT2D eigenvalue weighted by Crippen LogP contribution is 2.46. The van der Waals surface area contributed by atoms with Crippen LogP contribution in [0, 0.1) is 11.3 Å². The standard InChI is InChI=1S/C25H27N3OS/c1-16(2)29-23-10-7-17(13-18(23)14-26)25-27-15-24(30-25)21-6-3-5-20-19(21)8-9-22(20)28-11-4-12-28/h5,7,10,13,15-16,22H,3-4,6,8-9,11-12H2,1-2H3. The maximum absolute atomic E-state index is 9.54. The van der Waals surface area contributed by atoms with Crippen LogP contribution in [0.3, 0.4) is 0 Å². The fourth-order valence-corrected chi connectivity index (χ4v) is 5.86. The Hall–Kier alpha value is -2.42. The molecule has 1 aliphatic heterocycles. The number of likely N-dealkylation sites (tertiary alicyclic amines) is 1. The van der Waals surface area contributed by atoms with Crippen molar-refractivity contribution in [1.82, 2.24) is 9.88 Å². The van der Waals surface area contributed by atoms with Crippen LogP contribution >= 0.6 is 11.3 Å². The Bertz CT molecular complexity index is 1070. The van der Waals surface area contributed by atoms with Crippen LogP contribution < -0.4 is 4.74 Å². The first kappa shape index (κ1) is 19.5. The number of allylic oxidation sites excluding steroid dienone is 2. The molecule has 1 unspecified atom stereocenters. The zero-order chi connectivity index (χ0) is 20.7. The van der Waals surface area contributed by atoms with E-state index < -0.39 is 0 Å². The minimum atomic E-state index is 0.0443. The van der Waals surface area contributed by atoms with Gasteiger partial charge < -0.3 is 4.74 Å². The van der Waals surface area contributed by atoms with Crippen molar-refractivity contribution in [3.63, 3.8) is 0 Å². The molecular formula is C25H27N3OS. The second kappa shape index (κ2) is 8.02. The van der Waals surface area contributed by atoms with Crippen LogP contribution in [0.5, 0.6) is 5.75 Å². The van der Waals surface area contributed by atoms with Gasteiger partial charge in [-0.3, -0.25) is 4.90 Å². The summed E-state index contributed by atoms with van der Waals surface area (Å²) in [4.78, 5) is 8.66. The number of hydrogen-bond acceptors (Lipinski definition) is 5. The third-order valence-electron chi connectivity index (χ3n) is 6.34. The van der Waals surface area contributed by atoms with Gasteiger partial charge in [0, 0.05) is 17.8 Å². The zero-order valence-electron chi connectivity index (χ0n) is 17.6. The molecule has 0 bridgehead atoms. The molecule has 1 saturated carbocycles. The third-order valence-corrected chi connectivity index (χ3v) is 7.45. The third kappa shape index (κ3) is 3.49. The van der Waals surface area contributed by atoms with E-state index in [0.29, 0.717) is 17.4 Å². The van der Waals surface area contributed by atoms with Gasteiger partial charge in [0.2, 0.25) is 0 Å². The molecule has 1 saturated heterocycles. The van der Waals surface area contributed by atoms with E-state index in [1.54, 1.807) is 22.5 Å². The van der Waals surface area contributed by atoms with Crippen LogP contribution in [0.25, 0.3) is 16.1 Å². The van der Waals surface area contributed by atoms with Crippen molar-refractivity contribution in [3.05, 3.63) is 52.1 Å². The number of nitrogens with zero attached hydrogens (tertiary/aromatic N) is 3. The van der Waals surface area contributed by atoms with Gasteiger partial charge in [-0.1, -0.05) is 6.08 Å². The summed E-state index contributed by atoms with van der Waals surface area (Å²) >= 11 is 1.75. The van der Waals surface area contributed by atoms with Crippen molar-refractivity contribution in [2.24, 2.45) is 0 Å². The highest BCUT2D eigenvalue weighted by atomic mass is 32.1. The van der Waals surface area contributed by atoms with Crippen molar-refractivity contribution in [2.75, 3.05) is 13.1 Å². The molecule has 2 heterocycles. The van der Waals surface area contributed by atoms with Crippen molar-refractivity contribution in [2.45, 2.75) is 58.1 Å². The predicted molar refractivity (Wildman–Crippen MR) is 121 cm³/mol. The molecular weight excluding hydrogens is 390 g/mol. The summed E-state index contributed by atoms with van der Waals surface area (Å²) in [6.45, 7) is 6.46. The molecule has 1 atom stereocenters. The molecule has 3 aliphatic rings. The summed E-state index contributed by atoms with van der Waals surface area (Å²) in [7, 11) is 0. The molecule has 5 heteroatoms. The number of rotatable bonds is 5. The van der Waals surface area contributed by atoms with Gasteiger partial charge in [-0.25, -0.2) is 4.98 Å². The molecule has 2 aliphatic carbocycles. The maximum Gasteiger partial charge on any atom is 0.137 e. The van der Waals surface area contributed by atoms with E-state index in [0.717, 1.165) is 23.4 Å². The Morgan fingerprint density at radius 3 is 2.83 bits per heavy atom. The van der Waals surface area contributed by atoms with Crippen LogP contribution in [0.1, 0.15) is 56.4 Å². The zero-order valence-corrected chi connectivity index (χ0v) is 18.5. The van der Waals surface area contributed by atoms with Crippen LogP contribution in [-0.2, 0) is 0 Å². The van der Waals surface area contributed by atoms with Crippen LogP contribution in [-0.4, -0.2) is 35.1 Å². The van der Waals surface area contributed by atoms with Crippen molar-refractivity contribution in [3.8, 4) is 22.4 Å². The number of thiazole rings is 1. The Morgan fingerprint density at radius 1 is 1.23 bits per heavy atom. The Kier molecular flexibility index (Phi) is 5.22. The van der Waals surface area contributed by atoms with Gasteiger partial charge in [0.05, 0.1) is 16.5 Å². The van der Waals surface area contributed by atoms with Crippen molar-refractivity contribution >= 4 is 16.9 Å². The van der Waals surface area contributed by atoms with E-state index in [-0.39, 0.29) is 6.10 Å². The molecule has 2 aromatic rings. The van der Waals surface area contributed by atoms with Crippen LogP contribution in [0.2, 0.25) is 0 Å². The monoisotopic (exact) mass is 417 g/mol. The van der Waals surface area contributed by atoms with Crippen molar-refractivity contribution < 1.29 is 4.74 Å². The Labute approximate surface area is 182 Å². The minimum absolute atomic E-state index is 0.0443. The van der Waals surface area contributed by atoms with E-state index in [9.17, 15) is 5.26 Å². The Balaban J connectivity index is 1.43. The van der Waals surface area contributed by atoms with Crippen LogP contribution in [0.15, 0.2) is 41.6 Å². The van der Waals surface area contributed by atoms with Gasteiger partial charge in [0.15, 0.2) is 0 Å². The molecule has 5 rings (SSSR count). The minimum Gasteiger partial charge on any atom is -0.490 e. The Morgan fingerprint density at radius 2 is 2.10 bits per heavy atom. The van der Waals surface area contributed by atoms with Gasteiger partial charge in [-0.15, -0.1) is 11.3 Å². The quantitative estimate of drug-likeness (QED) is 0.616. The molecule has 30 heavy (non-hydrogen) atoms. The van der Waals surface area contributed by atoms with Gasteiger partial charge in [-0.05, 0) is 94.0 Å². The fourth-order valence-electron chi connectivity index (χ4n) is 4.85. The number of hydrogen-bond donors (Lipinski definition) is 0. The summed E-state index contributed by atoms with van der Waals surface area (Å²) in [6.07, 6.45) is 10.6. The number of fused-ring (bicyclic) bond motifs is 1. The second-order valence-electron chi connectivity index (χ2n) is 8.62. The van der Waals surface area contributed by atoms with E-state index in [1.165, 1.54) is 42.8 Å². The molecule has 0 N–H and O–H groups in total. The predicted octanol–water partition coefficient (Wildman–Crippen LogP) is 5.81. The van der Waals surface area contributed by atoms with E-state index in [4.69, 9.17) is 9.72 Å². The van der Waals surface area contributed by atoms with Crippen LogP contribution in [0.4, 0.5) is 0 Å². The second-order valence-corrected chi connectivity index (χ2v) is 9.65. The first-order valence-corrected chi connectivity index (χ1v) is 11.8. The lowest BCUT2D eigenvalue weighted by Gasteiger charge is -2.37. The summed E-state index contributed by atoms with van der Waals surface area (Å²) < 4.78 is 5.76. The SMILES string of the molecule is CC(C)Oc1ccc(-c2ncc(C3=C4CCC(N5CCC5)C4=CCC3)s2)cc1C#N. The molecule has 1 aromatic heterocycles. The number of nitriles is 1. The smallest absolute Gasteiger partial charge is 0.137 e. The van der Waals surface area contributed by atoms with E-state index in [1.807, 2.05) is 38.2 Å². The van der Waals surface area contributed by atoms with E-state index >= 15 is 0 Å². The molecule has 0 radical (unpaired) electrons. The summed E-state index contributed by atoms with van der Waals surface area (Å²) in [5, 5.41) is 10.5. The first-order valence-electron chi connectivity index (χ1n) is 11.0. The van der Waals surface area contributed by atoms with Gasteiger partial charge in [0.25, 0.3) is 0 Å². The number of ether oxygens (including phenoxy) is 1. The molecule has 0 spiro atoms. The number of benzene rings is 1. The molecule has 154 valence electrons. The summed E-state index contributed by atoms with van der Waals surface area (Å²) in [6, 6.07) is 8.72. The first-order chi connectivity index (χ1) is 14.6. The van der Waals surface area contributed by atoms with Crippen molar-refractivity contribution in [1.29, 1.82) is 5.26 Å². The topological polar surface area (TPSA) is 49.1 Å². The average molecular weight is 418 g/mol. The van der Waals surface area contributed by atoms with Gasteiger partial charge >= 0.3 is 0 Å². The lowest BCUT2D eigenvalue weighted by Crippen LogP contribution is -2.44. The largest absolute Gasteiger partial charge is 0.490 e. The van der Waals surface area contributed by atoms with E-state index in [2.05, 4.69) is 17.0 Å². The summed E-state index contributed by atoms with van der Waals surface area (Å²) in [5.74, 6) is 0.642. The number of aromatic nitrogens is 1. The lowest BCUT2D eigenvalue weighted by atomic mass is 9.90. The summed E-state index contributed by atoms with van der Waals surface area (Å²) in [5.41, 5.74) is 6.22. The highest BCUT2D eigenvalue weighted by Gasteiger charge is 2.35. The lowest BCUT2D eigenvalue weighted by molar-refractivity contribution is 0.140.